The lowest BCUT2D eigenvalue weighted by atomic mass is 10.0. The fourth-order valence-electron chi connectivity index (χ4n) is 2.25. The highest BCUT2D eigenvalue weighted by Gasteiger charge is 2.22. The van der Waals surface area contributed by atoms with Crippen molar-refractivity contribution in [3.63, 3.8) is 0 Å². The van der Waals surface area contributed by atoms with Gasteiger partial charge >= 0.3 is 0 Å². The molecule has 0 radical (unpaired) electrons. The van der Waals surface area contributed by atoms with Crippen molar-refractivity contribution in [1.29, 1.82) is 0 Å². The minimum atomic E-state index is -0.158. The van der Waals surface area contributed by atoms with Gasteiger partial charge in [0.05, 0.1) is 31.0 Å². The fourth-order valence-corrected chi connectivity index (χ4v) is 2.49. The Hall–Kier alpha value is -1.46. The number of ether oxygens (including phenoxy) is 2. The summed E-state index contributed by atoms with van der Waals surface area (Å²) in [4.78, 5) is 12.2. The Labute approximate surface area is 123 Å². The van der Waals surface area contributed by atoms with Gasteiger partial charge in [0.25, 0.3) is 0 Å². The number of hydrogen-bond acceptors (Lipinski definition) is 4. The fraction of sp³-hybridized carbons (Fsp3) is 0.500. The number of carbonyl (C=O) groups excluding carboxylic acids is 1. The molecule has 1 heterocycles. The average Bonchev–Trinajstić information content (AvgIpc) is 2.48. The highest BCUT2D eigenvalue weighted by atomic mass is 35.5. The van der Waals surface area contributed by atoms with Crippen molar-refractivity contribution in [2.24, 2.45) is 0 Å². The molecule has 6 heteroatoms. The molecule has 1 aromatic rings. The molecule has 1 fully saturated rings. The standard InChI is InChI=1S/C14H19ClN2O3/c1-19-12-8-13(20-2)11(7-9(12)15)17-14(18)10-5-3-4-6-16-10/h7-8,10,16H,3-6H2,1-2H3,(H,17,18)/t10-/m0/s1. The van der Waals surface area contributed by atoms with Gasteiger partial charge in [-0.3, -0.25) is 4.79 Å². The molecule has 110 valence electrons. The van der Waals surface area contributed by atoms with Gasteiger partial charge in [-0.1, -0.05) is 18.0 Å². The van der Waals surface area contributed by atoms with E-state index in [-0.39, 0.29) is 11.9 Å². The van der Waals surface area contributed by atoms with Crippen LogP contribution < -0.4 is 20.1 Å². The second kappa shape index (κ2) is 6.81. The molecule has 2 N–H and O–H groups in total. The van der Waals surface area contributed by atoms with Crippen LogP contribution in [0.5, 0.6) is 11.5 Å². The number of piperidine rings is 1. The number of anilines is 1. The molecule has 1 atom stereocenters. The van der Waals surface area contributed by atoms with Gasteiger partial charge in [-0.25, -0.2) is 0 Å². The summed E-state index contributed by atoms with van der Waals surface area (Å²) in [7, 11) is 3.07. The molecular weight excluding hydrogens is 280 g/mol. The molecule has 0 spiro atoms. The summed E-state index contributed by atoms with van der Waals surface area (Å²) < 4.78 is 10.4. The van der Waals surface area contributed by atoms with Gasteiger partial charge < -0.3 is 20.1 Å². The van der Waals surface area contributed by atoms with Crippen LogP contribution in [0.15, 0.2) is 12.1 Å². The topological polar surface area (TPSA) is 59.6 Å². The van der Waals surface area contributed by atoms with Crippen molar-refractivity contribution in [1.82, 2.24) is 5.32 Å². The van der Waals surface area contributed by atoms with Crippen LogP contribution in [-0.4, -0.2) is 32.7 Å². The largest absolute Gasteiger partial charge is 0.495 e. The van der Waals surface area contributed by atoms with Crippen molar-refractivity contribution >= 4 is 23.2 Å². The SMILES string of the molecule is COc1cc(OC)c(NC(=O)[C@@H]2CCCCN2)cc1Cl. The predicted molar refractivity (Wildman–Crippen MR) is 78.8 cm³/mol. The van der Waals surface area contributed by atoms with Gasteiger partial charge in [-0.2, -0.15) is 0 Å². The average molecular weight is 299 g/mol. The van der Waals surface area contributed by atoms with E-state index < -0.39 is 0 Å². The first-order valence-electron chi connectivity index (χ1n) is 6.61. The lowest BCUT2D eigenvalue weighted by Crippen LogP contribution is -2.43. The molecule has 0 unspecified atom stereocenters. The summed E-state index contributed by atoms with van der Waals surface area (Å²) in [6.07, 6.45) is 3.02. The maximum absolute atomic E-state index is 12.2. The Morgan fingerprint density at radius 1 is 1.30 bits per heavy atom. The van der Waals surface area contributed by atoms with Crippen LogP contribution in [0.4, 0.5) is 5.69 Å². The van der Waals surface area contributed by atoms with E-state index in [4.69, 9.17) is 21.1 Å². The minimum absolute atomic E-state index is 0.0655. The van der Waals surface area contributed by atoms with Gasteiger partial charge in [0.2, 0.25) is 5.91 Å². The first-order valence-corrected chi connectivity index (χ1v) is 6.99. The molecule has 2 rings (SSSR count). The van der Waals surface area contributed by atoms with Crippen LogP contribution in [-0.2, 0) is 4.79 Å². The second-order valence-electron chi connectivity index (χ2n) is 4.68. The molecule has 0 aliphatic carbocycles. The molecule has 1 saturated heterocycles. The number of nitrogens with one attached hydrogen (secondary N) is 2. The number of carbonyl (C=O) groups is 1. The molecule has 0 aromatic heterocycles. The van der Waals surface area contributed by atoms with E-state index in [1.54, 1.807) is 12.1 Å². The van der Waals surface area contributed by atoms with Crippen molar-refractivity contribution in [2.75, 3.05) is 26.1 Å². The van der Waals surface area contributed by atoms with Gasteiger partial charge in [-0.05, 0) is 25.5 Å². The first-order chi connectivity index (χ1) is 9.65. The van der Waals surface area contributed by atoms with Crippen LogP contribution in [0.1, 0.15) is 19.3 Å². The van der Waals surface area contributed by atoms with E-state index in [9.17, 15) is 4.79 Å². The third-order valence-corrected chi connectivity index (χ3v) is 3.65. The van der Waals surface area contributed by atoms with Gasteiger partial charge in [0.1, 0.15) is 11.5 Å². The number of halogens is 1. The molecule has 20 heavy (non-hydrogen) atoms. The Kier molecular flexibility index (Phi) is 5.09. The van der Waals surface area contributed by atoms with E-state index >= 15 is 0 Å². The normalized spacial score (nSPS) is 18.4. The molecule has 1 amide bonds. The lowest BCUT2D eigenvalue weighted by molar-refractivity contribution is -0.118. The molecular formula is C14H19ClN2O3. The highest BCUT2D eigenvalue weighted by Crippen LogP contribution is 2.36. The van der Waals surface area contributed by atoms with Gasteiger partial charge in [0, 0.05) is 6.07 Å². The maximum Gasteiger partial charge on any atom is 0.241 e. The maximum atomic E-state index is 12.2. The van der Waals surface area contributed by atoms with Gasteiger partial charge in [-0.15, -0.1) is 0 Å². The van der Waals surface area contributed by atoms with E-state index in [1.165, 1.54) is 14.2 Å². The summed E-state index contributed by atoms with van der Waals surface area (Å²) in [5.41, 5.74) is 0.552. The van der Waals surface area contributed by atoms with E-state index in [1.807, 2.05) is 0 Å². The highest BCUT2D eigenvalue weighted by molar-refractivity contribution is 6.32. The second-order valence-corrected chi connectivity index (χ2v) is 5.09. The van der Waals surface area contributed by atoms with Crippen LogP contribution >= 0.6 is 11.6 Å². The monoisotopic (exact) mass is 298 g/mol. The molecule has 1 aliphatic heterocycles. The summed E-state index contributed by atoms with van der Waals surface area (Å²) in [6.45, 7) is 0.874. The van der Waals surface area contributed by atoms with Crippen molar-refractivity contribution in [3.8, 4) is 11.5 Å². The first kappa shape index (κ1) is 14.9. The summed E-state index contributed by atoms with van der Waals surface area (Å²) >= 11 is 6.08. The Morgan fingerprint density at radius 3 is 2.65 bits per heavy atom. The van der Waals surface area contributed by atoms with Crippen LogP contribution in [0, 0.1) is 0 Å². The minimum Gasteiger partial charge on any atom is -0.495 e. The molecule has 0 saturated carbocycles. The third-order valence-electron chi connectivity index (χ3n) is 3.36. The number of methoxy groups -OCH3 is 2. The van der Waals surface area contributed by atoms with Crippen LogP contribution in [0.3, 0.4) is 0 Å². The predicted octanol–water partition coefficient (Wildman–Crippen LogP) is 2.44. The zero-order valence-corrected chi connectivity index (χ0v) is 12.4. The number of hydrogen-bond donors (Lipinski definition) is 2. The number of amides is 1. The zero-order chi connectivity index (χ0) is 14.5. The number of rotatable bonds is 4. The summed E-state index contributed by atoms with van der Waals surface area (Å²) in [5.74, 6) is 0.969. The smallest absolute Gasteiger partial charge is 0.241 e. The molecule has 0 bridgehead atoms. The zero-order valence-electron chi connectivity index (χ0n) is 11.7. The van der Waals surface area contributed by atoms with Crippen molar-refractivity contribution < 1.29 is 14.3 Å². The molecule has 1 aliphatic rings. The van der Waals surface area contributed by atoms with E-state index in [0.717, 1.165) is 25.8 Å². The molecule has 1 aromatic carbocycles. The van der Waals surface area contributed by atoms with Gasteiger partial charge in [0.15, 0.2) is 0 Å². The Balaban J connectivity index is 2.15. The van der Waals surface area contributed by atoms with Crippen LogP contribution in [0.25, 0.3) is 0 Å². The quantitative estimate of drug-likeness (QED) is 0.896. The summed E-state index contributed by atoms with van der Waals surface area (Å²) in [6, 6.07) is 3.14. The van der Waals surface area contributed by atoms with Crippen molar-refractivity contribution in [3.05, 3.63) is 17.2 Å². The van der Waals surface area contributed by atoms with E-state index in [0.29, 0.717) is 22.2 Å². The van der Waals surface area contributed by atoms with Crippen molar-refractivity contribution in [2.45, 2.75) is 25.3 Å². The summed E-state index contributed by atoms with van der Waals surface area (Å²) in [5, 5.41) is 6.49. The molecule has 5 nitrogen and oxygen atoms in total. The third kappa shape index (κ3) is 3.35. The Bertz CT molecular complexity index is 488. The number of benzene rings is 1. The van der Waals surface area contributed by atoms with E-state index in [2.05, 4.69) is 10.6 Å². The van der Waals surface area contributed by atoms with Crippen LogP contribution in [0.2, 0.25) is 5.02 Å². The Morgan fingerprint density at radius 2 is 2.05 bits per heavy atom. The lowest BCUT2D eigenvalue weighted by Gasteiger charge is -2.23.